The number of carbonyl (C=O) groups is 3. The molecule has 1 heterocycles. The van der Waals surface area contributed by atoms with Crippen LogP contribution < -0.4 is 19.7 Å². The van der Waals surface area contributed by atoms with E-state index in [1.54, 1.807) is 24.3 Å². The topological polar surface area (TPSA) is 84.9 Å². The van der Waals surface area contributed by atoms with Crippen LogP contribution in [0.3, 0.4) is 0 Å². The van der Waals surface area contributed by atoms with Crippen LogP contribution in [0.2, 0.25) is 5.02 Å². The Morgan fingerprint density at radius 1 is 1.17 bits per heavy atom. The zero-order valence-electron chi connectivity index (χ0n) is 15.5. The molecule has 9 heteroatoms. The predicted octanol–water partition coefficient (Wildman–Crippen LogP) is 4.18. The minimum absolute atomic E-state index is 0.197. The molecule has 3 rings (SSSR count). The van der Waals surface area contributed by atoms with Gasteiger partial charge in [0.2, 0.25) is 0 Å². The van der Waals surface area contributed by atoms with Crippen LogP contribution in [0.25, 0.3) is 6.08 Å². The van der Waals surface area contributed by atoms with Crippen LogP contribution in [0.15, 0.2) is 46.4 Å². The summed E-state index contributed by atoms with van der Waals surface area (Å²) in [5.41, 5.74) is 0.611. The zero-order chi connectivity index (χ0) is 21.1. The molecule has 0 bridgehead atoms. The van der Waals surface area contributed by atoms with Gasteiger partial charge in [0, 0.05) is 5.02 Å². The second-order valence-electron chi connectivity index (χ2n) is 5.90. The fourth-order valence-corrected chi connectivity index (χ4v) is 3.46. The number of benzene rings is 2. The summed E-state index contributed by atoms with van der Waals surface area (Å²) in [5, 5.41) is 2.63. The van der Waals surface area contributed by atoms with E-state index >= 15 is 0 Å². The SMILES string of the molecule is CCOc1c(Br)cc(/C=C2/C(=O)NC(=O)N(c3ccc(Cl)cc3)C2=O)cc1OC. The van der Waals surface area contributed by atoms with E-state index in [0.29, 0.717) is 38.9 Å². The van der Waals surface area contributed by atoms with Crippen molar-refractivity contribution in [2.24, 2.45) is 0 Å². The number of halogens is 2. The van der Waals surface area contributed by atoms with Crippen molar-refractivity contribution >= 4 is 57.1 Å². The van der Waals surface area contributed by atoms with Crippen molar-refractivity contribution in [1.29, 1.82) is 0 Å². The number of anilines is 1. The Labute approximate surface area is 180 Å². The summed E-state index contributed by atoms with van der Waals surface area (Å²) in [7, 11) is 1.49. The zero-order valence-corrected chi connectivity index (χ0v) is 17.8. The molecule has 1 saturated heterocycles. The van der Waals surface area contributed by atoms with Crippen molar-refractivity contribution in [3.05, 3.63) is 57.0 Å². The lowest BCUT2D eigenvalue weighted by Crippen LogP contribution is -2.54. The highest BCUT2D eigenvalue weighted by Gasteiger charge is 2.36. The molecule has 1 aliphatic heterocycles. The van der Waals surface area contributed by atoms with Crippen molar-refractivity contribution in [1.82, 2.24) is 5.32 Å². The molecular formula is C20H16BrClN2O5. The minimum Gasteiger partial charge on any atom is -0.493 e. The molecule has 0 unspecified atom stereocenters. The first kappa shape index (κ1) is 20.9. The van der Waals surface area contributed by atoms with Gasteiger partial charge in [0.05, 0.1) is 23.9 Å². The molecule has 0 radical (unpaired) electrons. The average molecular weight is 480 g/mol. The number of barbiturate groups is 1. The number of urea groups is 1. The Kier molecular flexibility index (Phi) is 6.24. The fourth-order valence-electron chi connectivity index (χ4n) is 2.76. The van der Waals surface area contributed by atoms with Crippen molar-refractivity contribution in [3.8, 4) is 11.5 Å². The van der Waals surface area contributed by atoms with Crippen molar-refractivity contribution in [3.63, 3.8) is 0 Å². The van der Waals surface area contributed by atoms with Gasteiger partial charge in [0.25, 0.3) is 11.8 Å². The Morgan fingerprint density at radius 2 is 1.86 bits per heavy atom. The van der Waals surface area contributed by atoms with Gasteiger partial charge in [0.15, 0.2) is 11.5 Å². The lowest BCUT2D eigenvalue weighted by Gasteiger charge is -2.26. The van der Waals surface area contributed by atoms with Crippen molar-refractivity contribution in [2.45, 2.75) is 6.92 Å². The minimum atomic E-state index is -0.829. The van der Waals surface area contributed by atoms with Gasteiger partial charge < -0.3 is 9.47 Å². The normalized spacial score (nSPS) is 15.5. The van der Waals surface area contributed by atoms with E-state index < -0.39 is 17.8 Å². The Hall–Kier alpha value is -2.84. The fraction of sp³-hybridized carbons (Fsp3) is 0.150. The van der Waals surface area contributed by atoms with E-state index in [4.69, 9.17) is 21.1 Å². The number of amides is 4. The van der Waals surface area contributed by atoms with Gasteiger partial charge in [-0.1, -0.05) is 11.6 Å². The van der Waals surface area contributed by atoms with Gasteiger partial charge in [-0.3, -0.25) is 14.9 Å². The number of rotatable bonds is 5. The molecule has 0 atom stereocenters. The molecule has 1 N–H and O–H groups in total. The average Bonchev–Trinajstić information content (AvgIpc) is 2.68. The molecule has 0 spiro atoms. The smallest absolute Gasteiger partial charge is 0.335 e. The highest BCUT2D eigenvalue weighted by molar-refractivity contribution is 9.10. The van der Waals surface area contributed by atoms with Crippen molar-refractivity contribution in [2.75, 3.05) is 18.6 Å². The van der Waals surface area contributed by atoms with Crippen LogP contribution in [-0.2, 0) is 9.59 Å². The second-order valence-corrected chi connectivity index (χ2v) is 7.19. The Balaban J connectivity index is 2.02. The van der Waals surface area contributed by atoms with Crippen LogP contribution in [0.4, 0.5) is 10.5 Å². The molecule has 2 aromatic rings. The number of hydrogen-bond acceptors (Lipinski definition) is 5. The van der Waals surface area contributed by atoms with Crippen molar-refractivity contribution < 1.29 is 23.9 Å². The van der Waals surface area contributed by atoms with Gasteiger partial charge in [-0.15, -0.1) is 0 Å². The van der Waals surface area contributed by atoms with Gasteiger partial charge >= 0.3 is 6.03 Å². The van der Waals surface area contributed by atoms with Gasteiger partial charge in [-0.25, -0.2) is 9.69 Å². The molecule has 1 aliphatic rings. The molecule has 0 saturated carbocycles. The van der Waals surface area contributed by atoms with Crippen LogP contribution in [0, 0.1) is 0 Å². The molecule has 7 nitrogen and oxygen atoms in total. The lowest BCUT2D eigenvalue weighted by molar-refractivity contribution is -0.122. The monoisotopic (exact) mass is 478 g/mol. The third kappa shape index (κ3) is 4.28. The molecule has 0 aromatic heterocycles. The van der Waals surface area contributed by atoms with E-state index in [1.807, 2.05) is 6.92 Å². The quantitative estimate of drug-likeness (QED) is 0.514. The van der Waals surface area contributed by atoms with Gasteiger partial charge in [-0.2, -0.15) is 0 Å². The third-order valence-electron chi connectivity index (χ3n) is 4.04. The highest BCUT2D eigenvalue weighted by atomic mass is 79.9. The number of carbonyl (C=O) groups excluding carboxylic acids is 3. The largest absolute Gasteiger partial charge is 0.493 e. The number of nitrogens with zero attached hydrogens (tertiary/aromatic N) is 1. The summed E-state index contributed by atoms with van der Waals surface area (Å²) < 4.78 is 11.5. The molecule has 150 valence electrons. The van der Waals surface area contributed by atoms with E-state index in [0.717, 1.165) is 4.90 Å². The van der Waals surface area contributed by atoms with E-state index in [1.165, 1.54) is 25.3 Å². The number of methoxy groups -OCH3 is 1. The molecule has 1 fully saturated rings. The summed E-state index contributed by atoms with van der Waals surface area (Å²) in [6.07, 6.45) is 1.38. The first-order valence-electron chi connectivity index (χ1n) is 8.53. The molecule has 2 aromatic carbocycles. The van der Waals surface area contributed by atoms with Crippen LogP contribution in [0.1, 0.15) is 12.5 Å². The summed E-state index contributed by atoms with van der Waals surface area (Å²) in [4.78, 5) is 38.4. The van der Waals surface area contributed by atoms with E-state index in [-0.39, 0.29) is 5.57 Å². The van der Waals surface area contributed by atoms with E-state index in [9.17, 15) is 14.4 Å². The van der Waals surface area contributed by atoms with Gasteiger partial charge in [0.1, 0.15) is 5.57 Å². The molecular weight excluding hydrogens is 464 g/mol. The van der Waals surface area contributed by atoms with Crippen LogP contribution >= 0.6 is 27.5 Å². The summed E-state index contributed by atoms with van der Waals surface area (Å²) >= 11 is 9.27. The van der Waals surface area contributed by atoms with E-state index in [2.05, 4.69) is 21.2 Å². The predicted molar refractivity (Wildman–Crippen MR) is 112 cm³/mol. The molecule has 4 amide bonds. The summed E-state index contributed by atoms with van der Waals surface area (Å²) in [5.74, 6) is -0.587. The number of ether oxygens (including phenoxy) is 2. The highest BCUT2D eigenvalue weighted by Crippen LogP contribution is 2.37. The summed E-state index contributed by atoms with van der Waals surface area (Å²) in [6, 6.07) is 8.62. The Morgan fingerprint density at radius 3 is 2.48 bits per heavy atom. The maximum absolute atomic E-state index is 12.9. The van der Waals surface area contributed by atoms with Crippen LogP contribution in [-0.4, -0.2) is 31.6 Å². The number of hydrogen-bond donors (Lipinski definition) is 1. The first-order valence-corrected chi connectivity index (χ1v) is 9.70. The number of imide groups is 2. The molecule has 29 heavy (non-hydrogen) atoms. The summed E-state index contributed by atoms with van der Waals surface area (Å²) in [6.45, 7) is 2.28. The Bertz CT molecular complexity index is 1020. The standard InChI is InChI=1S/C20H16BrClN2O5/c1-3-29-17-15(21)9-11(10-16(17)28-2)8-14-18(25)23-20(27)24(19(14)26)13-6-4-12(22)5-7-13/h4-10H,3H2,1-2H3,(H,23,25,27)/b14-8-. The first-order chi connectivity index (χ1) is 13.8. The lowest BCUT2D eigenvalue weighted by atomic mass is 10.1. The number of nitrogens with one attached hydrogen (secondary N) is 1. The van der Waals surface area contributed by atoms with Gasteiger partial charge in [-0.05, 0) is 70.9 Å². The third-order valence-corrected chi connectivity index (χ3v) is 4.88. The maximum Gasteiger partial charge on any atom is 0.335 e. The second kappa shape index (κ2) is 8.67. The van der Waals surface area contributed by atoms with Crippen LogP contribution in [0.5, 0.6) is 11.5 Å². The molecule has 0 aliphatic carbocycles. The maximum atomic E-state index is 12.9.